The van der Waals surface area contributed by atoms with E-state index in [0.717, 1.165) is 0 Å². The van der Waals surface area contributed by atoms with Crippen LogP contribution in [0.25, 0.3) is 0 Å². The molecule has 0 saturated carbocycles. The van der Waals surface area contributed by atoms with Gasteiger partial charge in [0, 0.05) is 24.2 Å². The summed E-state index contributed by atoms with van der Waals surface area (Å²) in [6.07, 6.45) is 0. The summed E-state index contributed by atoms with van der Waals surface area (Å²) >= 11 is 3.26. The Hall–Kier alpha value is -0.470. The van der Waals surface area contributed by atoms with E-state index in [4.69, 9.17) is 9.84 Å². The number of nitrogens with zero attached hydrogens (tertiary/aromatic N) is 1. The van der Waals surface area contributed by atoms with Crippen molar-refractivity contribution in [3.63, 3.8) is 0 Å². The van der Waals surface area contributed by atoms with Gasteiger partial charge in [-0.2, -0.15) is 4.31 Å². The Bertz CT molecular complexity index is 547. The normalized spacial score (nSPS) is 13.7. The molecule has 7 heteroatoms. The van der Waals surface area contributed by atoms with E-state index in [-0.39, 0.29) is 17.5 Å². The van der Waals surface area contributed by atoms with Gasteiger partial charge in [-0.15, -0.1) is 0 Å². The molecule has 20 heavy (non-hydrogen) atoms. The molecule has 0 aliphatic carbocycles. The predicted molar refractivity (Wildman–Crippen MR) is 81.0 cm³/mol. The van der Waals surface area contributed by atoms with Gasteiger partial charge in [0.25, 0.3) is 0 Å². The summed E-state index contributed by atoms with van der Waals surface area (Å²) in [6, 6.07) is 4.47. The molecule has 1 aromatic rings. The van der Waals surface area contributed by atoms with Crippen LogP contribution >= 0.6 is 15.9 Å². The van der Waals surface area contributed by atoms with Crippen molar-refractivity contribution in [3.8, 4) is 0 Å². The smallest absolute Gasteiger partial charge is 0.244 e. The highest BCUT2D eigenvalue weighted by Crippen LogP contribution is 2.27. The zero-order chi connectivity index (χ0) is 15.3. The Morgan fingerprint density at radius 3 is 2.55 bits per heavy atom. The average Bonchev–Trinajstić information content (AvgIpc) is 2.38. The van der Waals surface area contributed by atoms with Crippen LogP contribution in [0.4, 0.5) is 0 Å². The topological polar surface area (TPSA) is 66.8 Å². The highest BCUT2D eigenvalue weighted by Gasteiger charge is 2.29. The lowest BCUT2D eigenvalue weighted by Gasteiger charge is -2.27. The third kappa shape index (κ3) is 3.79. The number of aliphatic hydroxyl groups excluding tert-OH is 1. The standard InChI is InChI=1S/C13H20BrNO4S/c1-4-15(10(2)9-19-3)20(17,18)13-6-5-11(8-16)7-12(13)14/h5-7,10,16H,4,8-9H2,1-3H3. The van der Waals surface area contributed by atoms with Gasteiger partial charge in [0.15, 0.2) is 0 Å². The second-order valence-corrected chi connectivity index (χ2v) is 7.15. The number of hydrogen-bond acceptors (Lipinski definition) is 4. The fourth-order valence-electron chi connectivity index (χ4n) is 2.02. The van der Waals surface area contributed by atoms with E-state index in [2.05, 4.69) is 15.9 Å². The van der Waals surface area contributed by atoms with Crippen LogP contribution in [0.1, 0.15) is 19.4 Å². The molecule has 0 bridgehead atoms. The SMILES string of the molecule is CCN(C(C)COC)S(=O)(=O)c1ccc(CO)cc1Br. The number of benzene rings is 1. The third-order valence-corrected chi connectivity index (χ3v) is 6.04. The quantitative estimate of drug-likeness (QED) is 0.802. The van der Waals surface area contributed by atoms with Crippen molar-refractivity contribution in [1.29, 1.82) is 0 Å². The Morgan fingerprint density at radius 1 is 1.45 bits per heavy atom. The molecule has 1 aromatic carbocycles. The second-order valence-electron chi connectivity index (χ2n) is 4.44. The molecule has 1 unspecified atom stereocenters. The van der Waals surface area contributed by atoms with Gasteiger partial charge in [-0.05, 0) is 40.5 Å². The Balaban J connectivity index is 3.20. The fourth-order valence-corrected chi connectivity index (χ4v) is 4.73. The maximum atomic E-state index is 12.7. The zero-order valence-electron chi connectivity index (χ0n) is 11.8. The largest absolute Gasteiger partial charge is 0.392 e. The Kier molecular flexibility index (Phi) is 6.60. The molecule has 0 amide bonds. The predicted octanol–water partition coefficient (Wildman–Crippen LogP) is 1.99. The number of sulfonamides is 1. The molecule has 0 saturated heterocycles. The summed E-state index contributed by atoms with van der Waals surface area (Å²) in [7, 11) is -2.06. The first kappa shape index (κ1) is 17.6. The summed E-state index contributed by atoms with van der Waals surface area (Å²) in [4.78, 5) is 0.194. The Morgan fingerprint density at radius 2 is 2.10 bits per heavy atom. The molecule has 0 aliphatic rings. The minimum atomic E-state index is -3.60. The van der Waals surface area contributed by atoms with Gasteiger partial charge in [0.2, 0.25) is 10.0 Å². The monoisotopic (exact) mass is 365 g/mol. The number of ether oxygens (including phenoxy) is 1. The van der Waals surface area contributed by atoms with Gasteiger partial charge in [-0.3, -0.25) is 0 Å². The average molecular weight is 366 g/mol. The fraction of sp³-hybridized carbons (Fsp3) is 0.538. The van der Waals surface area contributed by atoms with E-state index in [1.807, 2.05) is 0 Å². The van der Waals surface area contributed by atoms with Crippen molar-refractivity contribution in [2.24, 2.45) is 0 Å². The molecule has 1 N–H and O–H groups in total. The molecule has 0 aromatic heterocycles. The van der Waals surface area contributed by atoms with Crippen LogP contribution in [0.3, 0.4) is 0 Å². The second kappa shape index (κ2) is 7.51. The van der Waals surface area contributed by atoms with Gasteiger partial charge >= 0.3 is 0 Å². The van der Waals surface area contributed by atoms with Crippen LogP contribution in [-0.4, -0.2) is 44.1 Å². The number of likely N-dealkylation sites (N-methyl/N-ethyl adjacent to an activating group) is 1. The number of rotatable bonds is 7. The number of hydrogen-bond donors (Lipinski definition) is 1. The van der Waals surface area contributed by atoms with E-state index in [9.17, 15) is 8.42 Å². The molecule has 114 valence electrons. The van der Waals surface area contributed by atoms with Crippen LogP contribution in [0.5, 0.6) is 0 Å². The third-order valence-electron chi connectivity index (χ3n) is 2.98. The lowest BCUT2D eigenvalue weighted by Crippen LogP contribution is -2.40. The maximum absolute atomic E-state index is 12.7. The van der Waals surface area contributed by atoms with Crippen molar-refractivity contribution in [2.45, 2.75) is 31.4 Å². The van der Waals surface area contributed by atoms with Crippen molar-refractivity contribution in [3.05, 3.63) is 28.2 Å². The van der Waals surface area contributed by atoms with Gasteiger partial charge in [0.1, 0.15) is 0 Å². The van der Waals surface area contributed by atoms with E-state index in [0.29, 0.717) is 23.2 Å². The highest BCUT2D eigenvalue weighted by atomic mass is 79.9. The molecular formula is C13H20BrNO4S. The van der Waals surface area contributed by atoms with Gasteiger partial charge in [-0.25, -0.2) is 8.42 Å². The van der Waals surface area contributed by atoms with Crippen molar-refractivity contribution >= 4 is 26.0 Å². The molecular weight excluding hydrogens is 346 g/mol. The lowest BCUT2D eigenvalue weighted by atomic mass is 10.2. The first-order valence-electron chi connectivity index (χ1n) is 6.28. The van der Waals surface area contributed by atoms with E-state index >= 15 is 0 Å². The van der Waals surface area contributed by atoms with Crippen LogP contribution in [0.2, 0.25) is 0 Å². The molecule has 1 rings (SSSR count). The van der Waals surface area contributed by atoms with E-state index < -0.39 is 10.0 Å². The molecule has 0 radical (unpaired) electrons. The van der Waals surface area contributed by atoms with Crippen molar-refractivity contribution in [1.82, 2.24) is 4.31 Å². The number of methoxy groups -OCH3 is 1. The van der Waals surface area contributed by atoms with Gasteiger partial charge in [-0.1, -0.05) is 13.0 Å². The first-order valence-corrected chi connectivity index (χ1v) is 8.51. The highest BCUT2D eigenvalue weighted by molar-refractivity contribution is 9.10. The zero-order valence-corrected chi connectivity index (χ0v) is 14.2. The molecule has 1 atom stereocenters. The van der Waals surface area contributed by atoms with E-state index in [1.54, 1.807) is 33.1 Å². The van der Waals surface area contributed by atoms with Crippen LogP contribution < -0.4 is 0 Å². The summed E-state index contributed by atoms with van der Waals surface area (Å²) in [5.74, 6) is 0. The van der Waals surface area contributed by atoms with Gasteiger partial charge in [0.05, 0.1) is 18.1 Å². The molecule has 5 nitrogen and oxygen atoms in total. The summed E-state index contributed by atoms with van der Waals surface area (Å²) in [5, 5.41) is 9.07. The first-order chi connectivity index (χ1) is 9.38. The maximum Gasteiger partial charge on any atom is 0.244 e. The van der Waals surface area contributed by atoms with Crippen LogP contribution in [-0.2, 0) is 21.4 Å². The van der Waals surface area contributed by atoms with Crippen LogP contribution in [0.15, 0.2) is 27.6 Å². The summed E-state index contributed by atoms with van der Waals surface area (Å²) < 4.78 is 32.2. The molecule has 0 heterocycles. The number of halogens is 1. The summed E-state index contributed by atoms with van der Waals surface area (Å²) in [5.41, 5.74) is 0.656. The van der Waals surface area contributed by atoms with Gasteiger partial charge < -0.3 is 9.84 Å². The van der Waals surface area contributed by atoms with Crippen molar-refractivity contribution < 1.29 is 18.3 Å². The molecule has 0 fully saturated rings. The van der Waals surface area contributed by atoms with Crippen LogP contribution in [0, 0.1) is 0 Å². The minimum absolute atomic E-state index is 0.128. The van der Waals surface area contributed by atoms with E-state index in [1.165, 1.54) is 10.4 Å². The lowest BCUT2D eigenvalue weighted by molar-refractivity contribution is 0.142. The molecule has 0 spiro atoms. The van der Waals surface area contributed by atoms with Crippen molar-refractivity contribution in [2.75, 3.05) is 20.3 Å². The summed E-state index contributed by atoms with van der Waals surface area (Å²) in [6.45, 7) is 4.16. The molecule has 0 aliphatic heterocycles. The number of aliphatic hydroxyl groups is 1. The Labute approximate surface area is 128 Å². The minimum Gasteiger partial charge on any atom is -0.392 e.